The lowest BCUT2D eigenvalue weighted by Gasteiger charge is -2.46. The third-order valence-corrected chi connectivity index (χ3v) is 9.30. The largest absolute Gasteiger partial charge is 0.413 e. The zero-order chi connectivity index (χ0) is 15.0. The number of carbonyl (C=O) groups is 1. The Balaban J connectivity index is 2.75. The molecule has 1 amide bonds. The summed E-state index contributed by atoms with van der Waals surface area (Å²) in [4.78, 5) is 11.8. The van der Waals surface area contributed by atoms with Crippen molar-refractivity contribution in [2.45, 2.75) is 64.9 Å². The first-order valence-corrected chi connectivity index (χ1v) is 10.0. The van der Waals surface area contributed by atoms with Gasteiger partial charge in [-0.25, -0.2) is 0 Å². The minimum absolute atomic E-state index is 0.0259. The van der Waals surface area contributed by atoms with Gasteiger partial charge >= 0.3 is 0 Å². The van der Waals surface area contributed by atoms with E-state index in [0.717, 1.165) is 0 Å². The van der Waals surface area contributed by atoms with E-state index in [9.17, 15) is 4.79 Å². The minimum atomic E-state index is -1.82. The van der Waals surface area contributed by atoms with E-state index in [1.807, 2.05) is 13.0 Å². The number of nitrogens with one attached hydrogen (secondary N) is 1. The average molecular weight is 283 g/mol. The molecule has 0 spiro atoms. The monoisotopic (exact) mass is 283 g/mol. The average Bonchev–Trinajstić information content (AvgIpc) is 2.22. The van der Waals surface area contributed by atoms with Gasteiger partial charge in [0.1, 0.15) is 0 Å². The molecule has 19 heavy (non-hydrogen) atoms. The lowest BCUT2D eigenvalue weighted by molar-refractivity contribution is -0.141. The van der Waals surface area contributed by atoms with Crippen molar-refractivity contribution in [3.05, 3.63) is 12.7 Å². The van der Waals surface area contributed by atoms with E-state index in [1.165, 1.54) is 0 Å². The van der Waals surface area contributed by atoms with Gasteiger partial charge in [0.05, 0.1) is 12.0 Å². The molecule has 0 aromatic rings. The number of carbonyl (C=O) groups excluding carboxylic acids is 1. The predicted molar refractivity (Wildman–Crippen MR) is 82.5 cm³/mol. The van der Waals surface area contributed by atoms with Gasteiger partial charge in [0.25, 0.3) is 0 Å². The first-order valence-electron chi connectivity index (χ1n) is 7.12. The van der Waals surface area contributed by atoms with Crippen LogP contribution < -0.4 is 5.32 Å². The van der Waals surface area contributed by atoms with E-state index >= 15 is 0 Å². The Morgan fingerprint density at radius 1 is 1.37 bits per heavy atom. The van der Waals surface area contributed by atoms with Gasteiger partial charge < -0.3 is 9.74 Å². The molecule has 1 rings (SSSR count). The van der Waals surface area contributed by atoms with Crippen LogP contribution in [-0.4, -0.2) is 26.4 Å². The topological polar surface area (TPSA) is 38.3 Å². The SMILES string of the molecule is C=C[C@H](C)[C@H]1NC(=O)[C@@H]1[C@@H](C)O[Si](C)(C)C(C)(C)C. The molecule has 1 saturated heterocycles. The second-order valence-electron chi connectivity index (χ2n) is 7.24. The summed E-state index contributed by atoms with van der Waals surface area (Å²) in [5, 5.41) is 3.14. The van der Waals surface area contributed by atoms with Crippen molar-refractivity contribution in [1.29, 1.82) is 0 Å². The number of rotatable bonds is 5. The first kappa shape index (κ1) is 16.4. The van der Waals surface area contributed by atoms with Crippen LogP contribution in [0.2, 0.25) is 18.1 Å². The van der Waals surface area contributed by atoms with Gasteiger partial charge in [-0.1, -0.05) is 33.8 Å². The van der Waals surface area contributed by atoms with Gasteiger partial charge in [-0.3, -0.25) is 4.79 Å². The van der Waals surface area contributed by atoms with Gasteiger partial charge in [-0.15, -0.1) is 6.58 Å². The van der Waals surface area contributed by atoms with Crippen LogP contribution in [0.15, 0.2) is 12.7 Å². The minimum Gasteiger partial charge on any atom is -0.413 e. The highest BCUT2D eigenvalue weighted by Gasteiger charge is 2.48. The molecule has 0 radical (unpaired) electrons. The quantitative estimate of drug-likeness (QED) is 0.477. The molecule has 1 N–H and O–H groups in total. The van der Waals surface area contributed by atoms with Crippen LogP contribution in [0.25, 0.3) is 0 Å². The van der Waals surface area contributed by atoms with Gasteiger partial charge in [-0.2, -0.15) is 0 Å². The molecule has 0 aromatic carbocycles. The second-order valence-corrected chi connectivity index (χ2v) is 12.0. The van der Waals surface area contributed by atoms with Crippen molar-refractivity contribution >= 4 is 14.2 Å². The normalized spacial score (nSPS) is 27.2. The molecule has 4 atom stereocenters. The van der Waals surface area contributed by atoms with Gasteiger partial charge in [-0.05, 0) is 31.0 Å². The Labute approximate surface area is 118 Å². The van der Waals surface area contributed by atoms with E-state index in [1.54, 1.807) is 0 Å². The summed E-state index contributed by atoms with van der Waals surface area (Å²) in [5.41, 5.74) is 0. The summed E-state index contributed by atoms with van der Waals surface area (Å²) >= 11 is 0. The Morgan fingerprint density at radius 2 is 1.89 bits per heavy atom. The summed E-state index contributed by atoms with van der Waals surface area (Å²) in [5.74, 6) is 0.361. The maximum Gasteiger partial charge on any atom is 0.228 e. The van der Waals surface area contributed by atoms with Crippen molar-refractivity contribution in [2.24, 2.45) is 11.8 Å². The van der Waals surface area contributed by atoms with E-state index < -0.39 is 8.32 Å². The third kappa shape index (κ3) is 3.29. The smallest absolute Gasteiger partial charge is 0.228 e. The van der Waals surface area contributed by atoms with Crippen molar-refractivity contribution < 1.29 is 9.22 Å². The number of hydrogen-bond donors (Lipinski definition) is 1. The molecule has 1 fully saturated rings. The van der Waals surface area contributed by atoms with Crippen LogP contribution in [0.5, 0.6) is 0 Å². The highest BCUT2D eigenvalue weighted by atomic mass is 28.4. The van der Waals surface area contributed by atoms with Crippen molar-refractivity contribution in [2.75, 3.05) is 0 Å². The standard InChI is InChI=1S/C15H29NO2Si/c1-9-10(2)13-12(14(17)16-13)11(3)18-19(7,8)15(4,5)6/h9-13H,1H2,2-8H3,(H,16,17)/t10-,11+,12+,13+/m0/s1. The number of amides is 1. The zero-order valence-corrected chi connectivity index (χ0v) is 14.4. The number of hydrogen-bond acceptors (Lipinski definition) is 2. The molecule has 1 aliphatic heterocycles. The van der Waals surface area contributed by atoms with Crippen molar-refractivity contribution in [3.63, 3.8) is 0 Å². The third-order valence-electron chi connectivity index (χ3n) is 4.73. The fourth-order valence-electron chi connectivity index (χ4n) is 2.24. The fourth-order valence-corrected chi connectivity index (χ4v) is 3.67. The van der Waals surface area contributed by atoms with Gasteiger partial charge in [0, 0.05) is 6.04 Å². The molecule has 1 aliphatic rings. The van der Waals surface area contributed by atoms with Crippen molar-refractivity contribution in [1.82, 2.24) is 5.32 Å². The van der Waals surface area contributed by atoms with E-state index in [0.29, 0.717) is 0 Å². The lowest BCUT2D eigenvalue weighted by atomic mass is 9.79. The summed E-state index contributed by atoms with van der Waals surface area (Å²) in [6.07, 6.45) is 1.87. The molecule has 0 saturated carbocycles. The molecular formula is C15H29NO2Si. The molecule has 1 heterocycles. The highest BCUT2D eigenvalue weighted by molar-refractivity contribution is 6.74. The molecule has 0 aliphatic carbocycles. The van der Waals surface area contributed by atoms with Gasteiger partial charge in [0.2, 0.25) is 5.91 Å². The predicted octanol–water partition coefficient (Wildman–Crippen LogP) is 3.33. The van der Waals surface area contributed by atoms with Crippen LogP contribution in [0.1, 0.15) is 34.6 Å². The molecular weight excluding hydrogens is 254 g/mol. The molecule has 0 bridgehead atoms. The lowest BCUT2D eigenvalue weighted by Crippen LogP contribution is -2.65. The first-order chi connectivity index (χ1) is 8.51. The Bertz CT molecular complexity index is 360. The molecule has 0 aromatic heterocycles. The van der Waals surface area contributed by atoms with Crippen LogP contribution in [0.3, 0.4) is 0 Å². The fraction of sp³-hybridized carbons (Fsp3) is 0.800. The Morgan fingerprint density at radius 3 is 2.26 bits per heavy atom. The molecule has 4 heteroatoms. The zero-order valence-electron chi connectivity index (χ0n) is 13.4. The molecule has 110 valence electrons. The maximum absolute atomic E-state index is 11.8. The summed E-state index contributed by atoms with van der Waals surface area (Å²) in [7, 11) is -1.82. The Kier molecular flexibility index (Phi) is 4.68. The van der Waals surface area contributed by atoms with Crippen LogP contribution >= 0.6 is 0 Å². The summed E-state index contributed by atoms with van der Waals surface area (Å²) in [6, 6.07) is 0.171. The highest BCUT2D eigenvalue weighted by Crippen LogP contribution is 2.39. The summed E-state index contributed by atoms with van der Waals surface area (Å²) in [6.45, 7) is 19.0. The van der Waals surface area contributed by atoms with Crippen LogP contribution in [-0.2, 0) is 9.22 Å². The molecule has 3 nitrogen and oxygen atoms in total. The maximum atomic E-state index is 11.8. The van der Waals surface area contributed by atoms with E-state index in [2.05, 4.69) is 52.7 Å². The van der Waals surface area contributed by atoms with E-state index in [4.69, 9.17) is 4.43 Å². The number of β-lactam (4-membered cyclic amide) rings is 1. The van der Waals surface area contributed by atoms with E-state index in [-0.39, 0.29) is 34.9 Å². The molecule has 0 unspecified atom stereocenters. The van der Waals surface area contributed by atoms with Gasteiger partial charge in [0.15, 0.2) is 8.32 Å². The summed E-state index contributed by atoms with van der Waals surface area (Å²) < 4.78 is 6.35. The van der Waals surface area contributed by atoms with Crippen LogP contribution in [0, 0.1) is 11.8 Å². The Hall–Kier alpha value is -0.613. The van der Waals surface area contributed by atoms with Crippen molar-refractivity contribution in [3.8, 4) is 0 Å². The van der Waals surface area contributed by atoms with Crippen LogP contribution in [0.4, 0.5) is 0 Å². The second kappa shape index (κ2) is 5.41.